The number of nitrogens with one attached hydrogen (secondary N) is 1. The van der Waals surface area contributed by atoms with E-state index < -0.39 is 6.17 Å². The van der Waals surface area contributed by atoms with Gasteiger partial charge >= 0.3 is 12.1 Å². The number of carbonyl (C=O) groups is 2. The third-order valence-electron chi connectivity index (χ3n) is 3.56. The van der Waals surface area contributed by atoms with Crippen molar-refractivity contribution in [3.05, 3.63) is 35.9 Å². The Labute approximate surface area is 116 Å². The highest BCUT2D eigenvalue weighted by molar-refractivity contribution is 5.86. The van der Waals surface area contributed by atoms with E-state index >= 15 is 0 Å². The van der Waals surface area contributed by atoms with E-state index in [1.807, 2.05) is 30.3 Å². The maximum Gasteiger partial charge on any atom is 0.341 e. The number of benzene rings is 1. The van der Waals surface area contributed by atoms with Gasteiger partial charge in [0.05, 0.1) is 6.21 Å². The molecule has 7 heteroatoms. The zero-order chi connectivity index (χ0) is 14.3. The summed E-state index contributed by atoms with van der Waals surface area (Å²) >= 11 is 0. The van der Waals surface area contributed by atoms with Crippen LogP contribution in [0.25, 0.3) is 0 Å². The second-order valence-corrected chi connectivity index (χ2v) is 4.81. The Kier molecular flexibility index (Phi) is 2.81. The average Bonchev–Trinajstić information content (AvgIpc) is 2.89. The molecule has 2 aliphatic rings. The Balaban J connectivity index is 1.85. The van der Waals surface area contributed by atoms with Crippen molar-refractivity contribution in [1.29, 1.82) is 0 Å². The zero-order valence-corrected chi connectivity index (χ0v) is 11.2. The Morgan fingerprint density at radius 3 is 2.55 bits per heavy atom. The molecule has 2 fully saturated rings. The van der Waals surface area contributed by atoms with Gasteiger partial charge in [0.1, 0.15) is 6.17 Å². The topological polar surface area (TPSA) is 68.2 Å². The molecule has 7 nitrogen and oxygen atoms in total. The molecule has 0 unspecified atom stereocenters. The minimum absolute atomic E-state index is 0.139. The molecular weight excluding hydrogens is 258 g/mol. The number of nitrogens with zero attached hydrogens (tertiary/aromatic N) is 4. The Bertz CT molecular complexity index is 573. The van der Waals surface area contributed by atoms with Gasteiger partial charge in [0.25, 0.3) is 0 Å². The molecular formula is C13H15N5O2. The first-order chi connectivity index (χ1) is 9.59. The highest BCUT2D eigenvalue weighted by atomic mass is 16.2. The molecule has 2 heterocycles. The number of hydrogen-bond acceptors (Lipinski definition) is 3. The lowest BCUT2D eigenvalue weighted by Gasteiger charge is -2.21. The molecule has 20 heavy (non-hydrogen) atoms. The van der Waals surface area contributed by atoms with Crippen molar-refractivity contribution in [3.63, 3.8) is 0 Å². The van der Waals surface area contributed by atoms with Gasteiger partial charge in [-0.3, -0.25) is 0 Å². The minimum atomic E-state index is -0.417. The van der Waals surface area contributed by atoms with Crippen molar-refractivity contribution in [1.82, 2.24) is 20.1 Å². The summed E-state index contributed by atoms with van der Waals surface area (Å²) in [7, 11) is 3.32. The van der Waals surface area contributed by atoms with Crippen molar-refractivity contribution in [2.24, 2.45) is 5.10 Å². The van der Waals surface area contributed by atoms with Crippen LogP contribution in [0.5, 0.6) is 0 Å². The number of rotatable bonds is 2. The fourth-order valence-electron chi connectivity index (χ4n) is 2.46. The Hall–Kier alpha value is -2.57. The van der Waals surface area contributed by atoms with Crippen LogP contribution < -0.4 is 5.32 Å². The third-order valence-corrected chi connectivity index (χ3v) is 3.56. The van der Waals surface area contributed by atoms with E-state index in [2.05, 4.69) is 10.4 Å². The van der Waals surface area contributed by atoms with E-state index in [1.165, 1.54) is 14.8 Å². The summed E-state index contributed by atoms with van der Waals surface area (Å²) in [6.07, 6.45) is 0.825. The van der Waals surface area contributed by atoms with E-state index in [9.17, 15) is 9.59 Å². The summed E-state index contributed by atoms with van der Waals surface area (Å²) in [6.45, 7) is 0. The van der Waals surface area contributed by atoms with Gasteiger partial charge in [-0.05, 0) is 5.56 Å². The zero-order valence-electron chi connectivity index (χ0n) is 11.2. The van der Waals surface area contributed by atoms with E-state index in [0.29, 0.717) is 0 Å². The smallest absolute Gasteiger partial charge is 0.312 e. The molecule has 4 amide bonds. The van der Waals surface area contributed by atoms with Crippen molar-refractivity contribution in [3.8, 4) is 0 Å². The highest BCUT2D eigenvalue weighted by Crippen LogP contribution is 2.26. The van der Waals surface area contributed by atoms with Gasteiger partial charge < -0.3 is 15.1 Å². The number of hydrazone groups is 1. The van der Waals surface area contributed by atoms with Crippen LogP contribution >= 0.6 is 0 Å². The van der Waals surface area contributed by atoms with Gasteiger partial charge in [-0.15, -0.1) is 0 Å². The van der Waals surface area contributed by atoms with Crippen LogP contribution in [0.2, 0.25) is 0 Å². The first-order valence-corrected chi connectivity index (χ1v) is 6.28. The summed E-state index contributed by atoms with van der Waals surface area (Å²) in [5.74, 6) is 0. The Morgan fingerprint density at radius 2 is 1.85 bits per heavy atom. The predicted octanol–water partition coefficient (Wildman–Crippen LogP) is 0.695. The summed E-state index contributed by atoms with van der Waals surface area (Å²) in [5, 5.41) is 8.27. The standard InChI is InChI=1S/C13H15N5O2/c1-16-10-11(17(2)13(16)20)18(12(19)15-10)14-8-9-6-4-3-5-7-9/h3-8,10-11H,1-2H3,(H,15,19)/b14-8-/t10-,11+/m1/s1. The van der Waals surface area contributed by atoms with Crippen LogP contribution in [0.15, 0.2) is 35.4 Å². The van der Waals surface area contributed by atoms with Crippen LogP contribution in [0.4, 0.5) is 9.59 Å². The molecule has 0 aromatic heterocycles. The van der Waals surface area contributed by atoms with Crippen molar-refractivity contribution < 1.29 is 9.59 Å². The molecule has 0 aliphatic carbocycles. The fourth-order valence-corrected chi connectivity index (χ4v) is 2.46. The van der Waals surface area contributed by atoms with Crippen LogP contribution in [-0.4, -0.2) is 59.5 Å². The SMILES string of the molecule is CN1C(=O)N(C)[C@@H]2[C@@H]1NC(=O)N2/N=C\c1ccccc1. The van der Waals surface area contributed by atoms with Gasteiger partial charge in [-0.1, -0.05) is 30.3 Å². The number of urea groups is 2. The first kappa shape index (κ1) is 12.5. The van der Waals surface area contributed by atoms with E-state index in [4.69, 9.17) is 0 Å². The minimum Gasteiger partial charge on any atom is -0.312 e. The second-order valence-electron chi connectivity index (χ2n) is 4.81. The average molecular weight is 273 g/mol. The third kappa shape index (κ3) is 1.78. The molecule has 104 valence electrons. The normalized spacial score (nSPS) is 25.6. The Morgan fingerprint density at radius 1 is 1.15 bits per heavy atom. The number of carbonyl (C=O) groups excluding carboxylic acids is 2. The van der Waals surface area contributed by atoms with Crippen molar-refractivity contribution in [2.45, 2.75) is 12.3 Å². The molecule has 0 spiro atoms. The maximum atomic E-state index is 11.9. The molecule has 2 aliphatic heterocycles. The van der Waals surface area contributed by atoms with Crippen LogP contribution in [0.3, 0.4) is 0 Å². The molecule has 2 saturated heterocycles. The summed E-state index contributed by atoms with van der Waals surface area (Å²) in [4.78, 5) is 26.8. The number of likely N-dealkylation sites (N-methyl/N-ethyl adjacent to an activating group) is 2. The number of fused-ring (bicyclic) bond motifs is 1. The van der Waals surface area contributed by atoms with Gasteiger partial charge in [0.15, 0.2) is 6.17 Å². The molecule has 1 N–H and O–H groups in total. The second kappa shape index (κ2) is 4.52. The largest absolute Gasteiger partial charge is 0.341 e. The molecule has 0 bridgehead atoms. The van der Waals surface area contributed by atoms with Gasteiger partial charge in [-0.2, -0.15) is 10.1 Å². The monoisotopic (exact) mass is 273 g/mol. The van der Waals surface area contributed by atoms with Gasteiger partial charge in [0, 0.05) is 14.1 Å². The van der Waals surface area contributed by atoms with Gasteiger partial charge in [-0.25, -0.2) is 9.59 Å². The first-order valence-electron chi connectivity index (χ1n) is 6.28. The maximum absolute atomic E-state index is 11.9. The van der Waals surface area contributed by atoms with Crippen LogP contribution in [0, 0.1) is 0 Å². The molecule has 3 rings (SSSR count). The lowest BCUT2D eigenvalue weighted by molar-refractivity contribution is 0.148. The number of hydrogen-bond donors (Lipinski definition) is 1. The summed E-state index contributed by atoms with van der Waals surface area (Å²) < 4.78 is 0. The molecule has 1 aromatic rings. The molecule has 0 saturated carbocycles. The van der Waals surface area contributed by atoms with E-state index in [1.54, 1.807) is 20.3 Å². The lowest BCUT2D eigenvalue weighted by atomic mass is 10.2. The highest BCUT2D eigenvalue weighted by Gasteiger charge is 2.52. The quantitative estimate of drug-likeness (QED) is 0.806. The van der Waals surface area contributed by atoms with Crippen molar-refractivity contribution in [2.75, 3.05) is 14.1 Å². The summed E-state index contributed by atoms with van der Waals surface area (Å²) in [6, 6.07) is 9.04. The summed E-state index contributed by atoms with van der Waals surface area (Å²) in [5.41, 5.74) is 0.893. The molecule has 0 radical (unpaired) electrons. The lowest BCUT2D eigenvalue weighted by Crippen LogP contribution is -2.41. The molecule has 1 aromatic carbocycles. The predicted molar refractivity (Wildman–Crippen MR) is 72.9 cm³/mol. The molecule has 2 atom stereocenters. The van der Waals surface area contributed by atoms with E-state index in [-0.39, 0.29) is 18.2 Å². The van der Waals surface area contributed by atoms with Crippen LogP contribution in [0.1, 0.15) is 5.56 Å². The number of amides is 4. The van der Waals surface area contributed by atoms with Gasteiger partial charge in [0.2, 0.25) is 0 Å². The van der Waals surface area contributed by atoms with Crippen molar-refractivity contribution >= 4 is 18.3 Å². The fraction of sp³-hybridized carbons (Fsp3) is 0.308. The van der Waals surface area contributed by atoms with Crippen LogP contribution in [-0.2, 0) is 0 Å². The van der Waals surface area contributed by atoms with E-state index in [0.717, 1.165) is 5.56 Å².